The maximum absolute atomic E-state index is 9.44. The Balaban J connectivity index is 5.41. The van der Waals surface area contributed by atoms with Crippen LogP contribution in [-0.4, -0.2) is 20.0 Å². The van der Waals surface area contributed by atoms with Gasteiger partial charge in [0, 0.05) is 0 Å². The molecular formula is C14H30O2Si. The molecule has 0 aromatic rings. The molecule has 0 aromatic carbocycles. The molecule has 0 heterocycles. The predicted molar refractivity (Wildman–Crippen MR) is 77.6 cm³/mol. The molecule has 0 aliphatic rings. The van der Waals surface area contributed by atoms with Crippen LogP contribution in [0.4, 0.5) is 0 Å². The van der Waals surface area contributed by atoms with E-state index in [0.717, 1.165) is 11.3 Å². The first kappa shape index (κ1) is 16.7. The van der Waals surface area contributed by atoms with Gasteiger partial charge in [-0.15, -0.1) is 0 Å². The summed E-state index contributed by atoms with van der Waals surface area (Å²) in [6.07, 6.45) is 0. The summed E-state index contributed by atoms with van der Waals surface area (Å²) in [6.45, 7) is 17.6. The summed E-state index contributed by atoms with van der Waals surface area (Å²) in [7, 11) is -1.89. The molecule has 102 valence electrons. The largest absolute Gasteiger partial charge is 0.544 e. The Kier molecular flexibility index (Phi) is 6.49. The fourth-order valence-corrected chi connectivity index (χ4v) is 8.26. The fraction of sp³-hybridized carbons (Fsp3) is 0.857. The molecule has 0 unspecified atom stereocenters. The van der Waals surface area contributed by atoms with Gasteiger partial charge >= 0.3 is 0 Å². The minimum atomic E-state index is -1.89. The molecule has 0 aromatic heterocycles. The van der Waals surface area contributed by atoms with Gasteiger partial charge in [-0.2, -0.15) is 0 Å². The maximum atomic E-state index is 9.44. The molecule has 0 aliphatic heterocycles. The van der Waals surface area contributed by atoms with E-state index in [1.807, 2.05) is 13.8 Å². The van der Waals surface area contributed by atoms with Crippen LogP contribution in [-0.2, 0) is 4.43 Å². The van der Waals surface area contributed by atoms with Crippen LogP contribution in [0.1, 0.15) is 55.4 Å². The van der Waals surface area contributed by atoms with Crippen LogP contribution in [0, 0.1) is 0 Å². The van der Waals surface area contributed by atoms with Gasteiger partial charge < -0.3 is 9.53 Å². The van der Waals surface area contributed by atoms with Crippen molar-refractivity contribution in [2.45, 2.75) is 72.0 Å². The van der Waals surface area contributed by atoms with E-state index >= 15 is 0 Å². The lowest BCUT2D eigenvalue weighted by atomic mass is 10.3. The molecule has 0 radical (unpaired) electrons. The highest BCUT2D eigenvalue weighted by Gasteiger charge is 2.47. The molecule has 17 heavy (non-hydrogen) atoms. The van der Waals surface area contributed by atoms with Crippen molar-refractivity contribution in [3.8, 4) is 0 Å². The van der Waals surface area contributed by atoms with Crippen LogP contribution in [0.15, 0.2) is 11.3 Å². The number of hydrogen-bond donors (Lipinski definition) is 1. The van der Waals surface area contributed by atoms with Crippen molar-refractivity contribution in [2.75, 3.05) is 6.61 Å². The number of aliphatic hydroxyl groups excluding tert-OH is 1. The van der Waals surface area contributed by atoms with Crippen LogP contribution in [0.3, 0.4) is 0 Å². The SMILES string of the molecule is CC(C)=C(CO)O[Si](C(C)C)(C(C)C)C(C)C. The average Bonchev–Trinajstić information content (AvgIpc) is 2.16. The molecule has 0 fully saturated rings. The number of rotatable bonds is 6. The van der Waals surface area contributed by atoms with Crippen LogP contribution < -0.4 is 0 Å². The van der Waals surface area contributed by atoms with Crippen molar-refractivity contribution >= 4 is 8.32 Å². The van der Waals surface area contributed by atoms with E-state index in [4.69, 9.17) is 4.43 Å². The second-order valence-corrected chi connectivity index (χ2v) is 11.4. The second-order valence-electron chi connectivity index (χ2n) is 6.00. The molecule has 0 atom stereocenters. The van der Waals surface area contributed by atoms with Crippen molar-refractivity contribution in [1.82, 2.24) is 0 Å². The molecule has 1 N–H and O–H groups in total. The van der Waals surface area contributed by atoms with Crippen LogP contribution in [0.25, 0.3) is 0 Å². The number of allylic oxidation sites excluding steroid dienone is 1. The summed E-state index contributed by atoms with van der Waals surface area (Å²) in [5, 5.41) is 9.44. The summed E-state index contributed by atoms with van der Waals surface area (Å²) >= 11 is 0. The van der Waals surface area contributed by atoms with Gasteiger partial charge in [0.15, 0.2) is 0 Å². The van der Waals surface area contributed by atoms with Crippen molar-refractivity contribution in [3.63, 3.8) is 0 Å². The number of aliphatic hydroxyl groups is 1. The zero-order valence-electron chi connectivity index (χ0n) is 12.8. The molecule has 0 aliphatic carbocycles. The lowest BCUT2D eigenvalue weighted by molar-refractivity contribution is 0.245. The van der Waals surface area contributed by atoms with Gasteiger partial charge in [0.25, 0.3) is 8.32 Å². The molecule has 0 spiro atoms. The third-order valence-corrected chi connectivity index (χ3v) is 9.72. The Morgan fingerprint density at radius 3 is 1.47 bits per heavy atom. The average molecular weight is 258 g/mol. The summed E-state index contributed by atoms with van der Waals surface area (Å²) in [5.74, 6) is 0.785. The van der Waals surface area contributed by atoms with E-state index in [1.54, 1.807) is 0 Å². The van der Waals surface area contributed by atoms with E-state index in [0.29, 0.717) is 16.6 Å². The molecule has 0 saturated carbocycles. The number of hydrogen-bond acceptors (Lipinski definition) is 2. The Bertz CT molecular complexity index is 242. The zero-order chi connectivity index (χ0) is 13.8. The highest BCUT2D eigenvalue weighted by molar-refractivity contribution is 6.77. The fourth-order valence-electron chi connectivity index (χ4n) is 2.86. The minimum Gasteiger partial charge on any atom is -0.544 e. The summed E-state index contributed by atoms with van der Waals surface area (Å²) in [5.41, 5.74) is 2.72. The maximum Gasteiger partial charge on any atom is 0.258 e. The lowest BCUT2D eigenvalue weighted by Crippen LogP contribution is -2.47. The van der Waals surface area contributed by atoms with Gasteiger partial charge in [0.05, 0.1) is 6.61 Å². The Morgan fingerprint density at radius 2 is 1.29 bits per heavy atom. The smallest absolute Gasteiger partial charge is 0.258 e. The van der Waals surface area contributed by atoms with E-state index in [-0.39, 0.29) is 6.61 Å². The van der Waals surface area contributed by atoms with Gasteiger partial charge in [-0.25, -0.2) is 0 Å². The van der Waals surface area contributed by atoms with Crippen molar-refractivity contribution in [1.29, 1.82) is 0 Å². The van der Waals surface area contributed by atoms with E-state index in [1.165, 1.54) is 0 Å². The molecule has 0 saturated heterocycles. The van der Waals surface area contributed by atoms with Crippen molar-refractivity contribution in [2.24, 2.45) is 0 Å². The summed E-state index contributed by atoms with van der Waals surface area (Å²) in [6, 6.07) is 0. The van der Waals surface area contributed by atoms with Gasteiger partial charge in [0.1, 0.15) is 5.76 Å². The van der Waals surface area contributed by atoms with E-state index in [2.05, 4.69) is 41.5 Å². The van der Waals surface area contributed by atoms with Gasteiger partial charge in [0.2, 0.25) is 0 Å². The monoisotopic (exact) mass is 258 g/mol. The predicted octanol–water partition coefficient (Wildman–Crippen LogP) is 4.46. The highest BCUT2D eigenvalue weighted by atomic mass is 28.4. The van der Waals surface area contributed by atoms with Gasteiger partial charge in [-0.05, 0) is 36.0 Å². The molecule has 3 heteroatoms. The Labute approximate surface area is 108 Å². The molecular weight excluding hydrogens is 228 g/mol. The minimum absolute atomic E-state index is 0.0171. The summed E-state index contributed by atoms with van der Waals surface area (Å²) < 4.78 is 6.40. The second kappa shape index (κ2) is 6.60. The standard InChI is InChI=1S/C14H30O2Si/c1-10(2)14(9-15)16-17(11(3)4,12(5)6)13(7)8/h11-13,15H,9H2,1-8H3. The van der Waals surface area contributed by atoms with E-state index < -0.39 is 8.32 Å². The van der Waals surface area contributed by atoms with Crippen molar-refractivity contribution < 1.29 is 9.53 Å². The molecule has 0 bridgehead atoms. The van der Waals surface area contributed by atoms with Gasteiger partial charge in [-0.1, -0.05) is 41.5 Å². The molecule has 0 rings (SSSR count). The Hall–Kier alpha value is -0.283. The van der Waals surface area contributed by atoms with Crippen LogP contribution in [0.5, 0.6) is 0 Å². The quantitative estimate of drug-likeness (QED) is 0.563. The first-order chi connectivity index (χ1) is 7.70. The van der Waals surface area contributed by atoms with Crippen LogP contribution in [0.2, 0.25) is 16.6 Å². The highest BCUT2D eigenvalue weighted by Crippen LogP contribution is 2.43. The summed E-state index contributed by atoms with van der Waals surface area (Å²) in [4.78, 5) is 0. The molecule has 0 amide bonds. The van der Waals surface area contributed by atoms with E-state index in [9.17, 15) is 5.11 Å². The molecule has 2 nitrogen and oxygen atoms in total. The first-order valence-corrected chi connectivity index (χ1v) is 8.80. The lowest BCUT2D eigenvalue weighted by Gasteiger charge is -2.43. The zero-order valence-corrected chi connectivity index (χ0v) is 13.8. The van der Waals surface area contributed by atoms with Crippen molar-refractivity contribution in [3.05, 3.63) is 11.3 Å². The topological polar surface area (TPSA) is 29.5 Å². The first-order valence-electron chi connectivity index (χ1n) is 6.66. The van der Waals surface area contributed by atoms with Crippen LogP contribution >= 0.6 is 0 Å². The third-order valence-electron chi connectivity index (χ3n) is 3.71. The normalized spacial score (nSPS) is 12.5. The Morgan fingerprint density at radius 1 is 0.941 bits per heavy atom. The third kappa shape index (κ3) is 3.59. The van der Waals surface area contributed by atoms with Gasteiger partial charge in [-0.3, -0.25) is 0 Å².